The normalized spacial score (nSPS) is 18.8. The molecule has 1 amide bonds. The predicted octanol–water partition coefficient (Wildman–Crippen LogP) is 3.42. The summed E-state index contributed by atoms with van der Waals surface area (Å²) < 4.78 is 44.6. The van der Waals surface area contributed by atoms with E-state index in [1.54, 1.807) is 25.1 Å². The van der Waals surface area contributed by atoms with Crippen molar-refractivity contribution in [2.24, 2.45) is 0 Å². The number of aromatic nitrogens is 2. The Morgan fingerprint density at radius 3 is 2.85 bits per heavy atom. The number of benzene rings is 1. The second-order valence-electron chi connectivity index (χ2n) is 6.01. The van der Waals surface area contributed by atoms with Gasteiger partial charge in [-0.1, -0.05) is 30.0 Å². The molecule has 0 spiro atoms. The largest absolute Gasteiger partial charge is 0.451 e. The highest BCUT2D eigenvalue weighted by Crippen LogP contribution is 2.33. The van der Waals surface area contributed by atoms with Gasteiger partial charge in [-0.05, 0) is 25.8 Å². The first-order valence-corrected chi connectivity index (χ1v) is 9.12. The lowest BCUT2D eigenvalue weighted by atomic mass is 10.2. The SMILES string of the molecule is C[C@H](Sc1nc(C(F)(F)F)nc2ccccc12)C(=O)NC[C@@H]1CCCO1. The first kappa shape index (κ1) is 18.9. The van der Waals surface area contributed by atoms with E-state index in [-0.39, 0.29) is 22.6 Å². The van der Waals surface area contributed by atoms with Crippen LogP contribution in [-0.2, 0) is 15.7 Å². The Labute approximate surface area is 152 Å². The maximum atomic E-state index is 13.1. The third-order valence-electron chi connectivity index (χ3n) is 4.01. The van der Waals surface area contributed by atoms with E-state index in [2.05, 4.69) is 15.3 Å². The number of hydrogen-bond donors (Lipinski definition) is 1. The molecule has 5 nitrogen and oxygen atoms in total. The summed E-state index contributed by atoms with van der Waals surface area (Å²) in [5.41, 5.74) is 0.198. The zero-order chi connectivity index (χ0) is 18.7. The Bertz CT molecular complexity index is 794. The van der Waals surface area contributed by atoms with Crippen molar-refractivity contribution in [2.45, 2.75) is 42.3 Å². The fraction of sp³-hybridized carbons (Fsp3) is 0.471. The second-order valence-corrected chi connectivity index (χ2v) is 7.34. The minimum atomic E-state index is -4.65. The van der Waals surface area contributed by atoms with E-state index in [1.807, 2.05) is 0 Å². The number of carbonyl (C=O) groups is 1. The topological polar surface area (TPSA) is 64.1 Å². The highest BCUT2D eigenvalue weighted by atomic mass is 32.2. The highest BCUT2D eigenvalue weighted by molar-refractivity contribution is 8.00. The first-order chi connectivity index (χ1) is 12.3. The monoisotopic (exact) mass is 385 g/mol. The molecule has 9 heteroatoms. The van der Waals surface area contributed by atoms with Crippen molar-refractivity contribution in [3.8, 4) is 0 Å². The number of para-hydroxylation sites is 1. The van der Waals surface area contributed by atoms with E-state index >= 15 is 0 Å². The number of ether oxygens (including phenoxy) is 1. The van der Waals surface area contributed by atoms with Gasteiger partial charge < -0.3 is 10.1 Å². The molecule has 0 bridgehead atoms. The third kappa shape index (κ3) is 4.45. The van der Waals surface area contributed by atoms with E-state index in [1.165, 1.54) is 6.07 Å². The number of rotatable bonds is 5. The molecule has 140 valence electrons. The highest BCUT2D eigenvalue weighted by Gasteiger charge is 2.36. The van der Waals surface area contributed by atoms with Gasteiger partial charge >= 0.3 is 6.18 Å². The van der Waals surface area contributed by atoms with Gasteiger partial charge in [-0.3, -0.25) is 4.79 Å². The second kappa shape index (κ2) is 7.79. The van der Waals surface area contributed by atoms with Crippen molar-refractivity contribution >= 4 is 28.6 Å². The van der Waals surface area contributed by atoms with Gasteiger partial charge in [0.1, 0.15) is 5.03 Å². The standard InChI is InChI=1S/C17H18F3N3O2S/c1-10(14(24)21-9-11-5-4-8-25-11)26-15-12-6-2-3-7-13(12)22-16(23-15)17(18,19)20/h2-3,6-7,10-11H,4-5,8-9H2,1H3,(H,21,24)/t10-,11-/m0/s1. The van der Waals surface area contributed by atoms with Crippen LogP contribution in [0.15, 0.2) is 29.3 Å². The van der Waals surface area contributed by atoms with Crippen LogP contribution >= 0.6 is 11.8 Å². The molecular formula is C17H18F3N3O2S. The number of carbonyl (C=O) groups excluding carboxylic acids is 1. The smallest absolute Gasteiger partial charge is 0.376 e. The summed E-state index contributed by atoms with van der Waals surface area (Å²) in [5, 5.41) is 2.82. The average molecular weight is 385 g/mol. The van der Waals surface area contributed by atoms with Crippen LogP contribution in [0.5, 0.6) is 0 Å². The van der Waals surface area contributed by atoms with Crippen LogP contribution < -0.4 is 5.32 Å². The van der Waals surface area contributed by atoms with Gasteiger partial charge in [0, 0.05) is 18.5 Å². The van der Waals surface area contributed by atoms with Crippen LogP contribution in [0.25, 0.3) is 10.9 Å². The predicted molar refractivity (Wildman–Crippen MR) is 91.8 cm³/mol. The van der Waals surface area contributed by atoms with Crippen LogP contribution in [0.2, 0.25) is 0 Å². The first-order valence-electron chi connectivity index (χ1n) is 8.24. The van der Waals surface area contributed by atoms with Gasteiger partial charge in [0.15, 0.2) is 0 Å². The van der Waals surface area contributed by atoms with Crippen LogP contribution in [0.1, 0.15) is 25.6 Å². The molecular weight excluding hydrogens is 367 g/mol. The molecule has 2 heterocycles. The van der Waals surface area contributed by atoms with Gasteiger partial charge in [-0.15, -0.1) is 0 Å². The molecule has 2 aromatic rings. The maximum absolute atomic E-state index is 13.1. The number of hydrogen-bond acceptors (Lipinski definition) is 5. The lowest BCUT2D eigenvalue weighted by molar-refractivity contribution is -0.145. The summed E-state index contributed by atoms with van der Waals surface area (Å²) in [6.07, 6.45) is -2.77. The average Bonchev–Trinajstić information content (AvgIpc) is 3.12. The molecule has 3 rings (SSSR count). The van der Waals surface area contributed by atoms with Crippen molar-refractivity contribution in [3.63, 3.8) is 0 Å². The van der Waals surface area contributed by atoms with Crippen LogP contribution in [0.4, 0.5) is 13.2 Å². The van der Waals surface area contributed by atoms with Gasteiger partial charge in [0.05, 0.1) is 16.9 Å². The summed E-state index contributed by atoms with van der Waals surface area (Å²) in [6, 6.07) is 6.46. The molecule has 0 aliphatic carbocycles. The molecule has 1 aromatic carbocycles. The molecule has 0 saturated carbocycles. The summed E-state index contributed by atoms with van der Waals surface area (Å²) in [4.78, 5) is 19.5. The lowest BCUT2D eigenvalue weighted by Gasteiger charge is -2.16. The van der Waals surface area contributed by atoms with E-state index in [0.29, 0.717) is 18.5 Å². The van der Waals surface area contributed by atoms with E-state index in [4.69, 9.17) is 4.74 Å². The molecule has 1 aliphatic rings. The minimum absolute atomic E-state index is 0.00728. The van der Waals surface area contributed by atoms with Crippen molar-refractivity contribution in [2.75, 3.05) is 13.2 Å². The van der Waals surface area contributed by atoms with Gasteiger partial charge in [-0.2, -0.15) is 13.2 Å². The molecule has 0 unspecified atom stereocenters. The van der Waals surface area contributed by atoms with Crippen LogP contribution in [-0.4, -0.2) is 40.4 Å². The van der Waals surface area contributed by atoms with Crippen molar-refractivity contribution < 1.29 is 22.7 Å². The number of amides is 1. The third-order valence-corrected chi connectivity index (χ3v) is 5.11. The van der Waals surface area contributed by atoms with E-state index in [0.717, 1.165) is 24.6 Å². The molecule has 0 radical (unpaired) electrons. The van der Waals surface area contributed by atoms with E-state index < -0.39 is 17.3 Å². The number of nitrogens with zero attached hydrogens (tertiary/aromatic N) is 2. The molecule has 1 aliphatic heterocycles. The molecule has 26 heavy (non-hydrogen) atoms. The molecule has 1 fully saturated rings. The Kier molecular flexibility index (Phi) is 5.67. The summed E-state index contributed by atoms with van der Waals surface area (Å²) in [7, 11) is 0. The summed E-state index contributed by atoms with van der Waals surface area (Å²) in [6.45, 7) is 2.74. The fourth-order valence-electron chi connectivity index (χ4n) is 2.65. The summed E-state index contributed by atoms with van der Waals surface area (Å²) >= 11 is 0.990. The molecule has 2 atom stereocenters. The Balaban J connectivity index is 1.77. The summed E-state index contributed by atoms with van der Waals surface area (Å²) in [5.74, 6) is -1.47. The molecule has 1 N–H and O–H groups in total. The van der Waals surface area contributed by atoms with Gasteiger partial charge in [-0.25, -0.2) is 9.97 Å². The van der Waals surface area contributed by atoms with Crippen molar-refractivity contribution in [1.29, 1.82) is 0 Å². The zero-order valence-electron chi connectivity index (χ0n) is 14.0. The van der Waals surface area contributed by atoms with Crippen molar-refractivity contribution in [1.82, 2.24) is 15.3 Å². The maximum Gasteiger partial charge on any atom is 0.451 e. The number of alkyl halides is 3. The quantitative estimate of drug-likeness (QED) is 0.631. The van der Waals surface area contributed by atoms with Crippen molar-refractivity contribution in [3.05, 3.63) is 30.1 Å². The lowest BCUT2D eigenvalue weighted by Crippen LogP contribution is -2.36. The Hall–Kier alpha value is -1.87. The van der Waals surface area contributed by atoms with Crippen LogP contribution in [0.3, 0.4) is 0 Å². The zero-order valence-corrected chi connectivity index (χ0v) is 14.9. The number of halogens is 3. The Morgan fingerprint density at radius 2 is 2.15 bits per heavy atom. The number of fused-ring (bicyclic) bond motifs is 1. The minimum Gasteiger partial charge on any atom is -0.376 e. The van der Waals surface area contributed by atoms with E-state index in [9.17, 15) is 18.0 Å². The number of nitrogens with one attached hydrogen (secondary N) is 1. The number of thioether (sulfide) groups is 1. The van der Waals surface area contributed by atoms with Gasteiger partial charge in [0.25, 0.3) is 0 Å². The molecule has 1 saturated heterocycles. The van der Waals surface area contributed by atoms with Gasteiger partial charge in [0.2, 0.25) is 11.7 Å². The fourth-order valence-corrected chi connectivity index (χ4v) is 3.61. The molecule has 1 aromatic heterocycles. The van der Waals surface area contributed by atoms with Crippen LogP contribution in [0, 0.1) is 0 Å². The Morgan fingerprint density at radius 1 is 1.38 bits per heavy atom.